The van der Waals surface area contributed by atoms with Crippen molar-refractivity contribution in [3.05, 3.63) is 68.7 Å². The van der Waals surface area contributed by atoms with Gasteiger partial charge in [0.2, 0.25) is 15.9 Å². The molecule has 0 radical (unpaired) electrons. The van der Waals surface area contributed by atoms with Gasteiger partial charge in [-0.15, -0.1) is 11.3 Å². The number of aryl methyl sites for hydroxylation is 1. The lowest BCUT2D eigenvalue weighted by molar-refractivity contribution is -0.138. The molecular formula is C32H46N4O5S2. The van der Waals surface area contributed by atoms with Crippen molar-refractivity contribution in [2.45, 2.75) is 58.6 Å². The van der Waals surface area contributed by atoms with Gasteiger partial charge in [0, 0.05) is 49.0 Å². The van der Waals surface area contributed by atoms with Crippen LogP contribution < -0.4 is 4.74 Å². The number of ether oxygens (including phenoxy) is 2. The Morgan fingerprint density at radius 1 is 1.12 bits per heavy atom. The summed E-state index contributed by atoms with van der Waals surface area (Å²) in [6.07, 6.45) is 0. The van der Waals surface area contributed by atoms with Crippen LogP contribution in [0.15, 0.2) is 40.6 Å². The van der Waals surface area contributed by atoms with Crippen LogP contribution in [0.5, 0.6) is 5.75 Å². The van der Waals surface area contributed by atoms with Crippen molar-refractivity contribution in [2.75, 3.05) is 54.1 Å². The van der Waals surface area contributed by atoms with Crippen LogP contribution in [0.2, 0.25) is 0 Å². The highest BCUT2D eigenvalue weighted by atomic mass is 32.2. The molecule has 0 spiro atoms. The summed E-state index contributed by atoms with van der Waals surface area (Å²) in [6.45, 7) is 12.1. The second-order valence-electron chi connectivity index (χ2n) is 11.9. The van der Waals surface area contributed by atoms with Crippen molar-refractivity contribution in [3.63, 3.8) is 0 Å². The molecule has 0 bridgehead atoms. The number of hydrogen-bond donors (Lipinski definition) is 0. The van der Waals surface area contributed by atoms with Crippen LogP contribution in [0.1, 0.15) is 52.8 Å². The summed E-state index contributed by atoms with van der Waals surface area (Å²) in [6, 6.07) is 9.97. The first-order chi connectivity index (χ1) is 20.4. The van der Waals surface area contributed by atoms with Gasteiger partial charge in [0.1, 0.15) is 18.4 Å². The lowest BCUT2D eigenvalue weighted by Crippen LogP contribution is -2.44. The normalized spacial score (nSPS) is 15.5. The number of thiophene rings is 1. The molecule has 1 aromatic carbocycles. The molecule has 1 amide bonds. The summed E-state index contributed by atoms with van der Waals surface area (Å²) >= 11 is 1.64. The van der Waals surface area contributed by atoms with Gasteiger partial charge in [0.15, 0.2) is 0 Å². The van der Waals surface area contributed by atoms with Gasteiger partial charge in [-0.25, -0.2) is 8.42 Å². The summed E-state index contributed by atoms with van der Waals surface area (Å²) in [5, 5.41) is 2.04. The van der Waals surface area contributed by atoms with Crippen molar-refractivity contribution in [2.24, 2.45) is 5.92 Å². The van der Waals surface area contributed by atoms with Crippen molar-refractivity contribution in [1.82, 2.24) is 18.7 Å². The molecular weight excluding hydrogens is 585 g/mol. The van der Waals surface area contributed by atoms with Crippen molar-refractivity contribution < 1.29 is 22.7 Å². The highest BCUT2D eigenvalue weighted by molar-refractivity contribution is 7.89. The number of hydrogen-bond acceptors (Lipinski definition) is 7. The monoisotopic (exact) mass is 630 g/mol. The van der Waals surface area contributed by atoms with E-state index in [-0.39, 0.29) is 37.6 Å². The van der Waals surface area contributed by atoms with Gasteiger partial charge in [-0.2, -0.15) is 4.31 Å². The lowest BCUT2D eigenvalue weighted by Gasteiger charge is -2.37. The first-order valence-electron chi connectivity index (χ1n) is 14.7. The van der Waals surface area contributed by atoms with E-state index in [4.69, 9.17) is 9.47 Å². The molecule has 43 heavy (non-hydrogen) atoms. The molecule has 0 saturated carbocycles. The number of carbonyl (C=O) groups excluding carboxylic acids is 1. The minimum Gasteiger partial charge on any atom is -0.496 e. The van der Waals surface area contributed by atoms with E-state index in [1.165, 1.54) is 10.00 Å². The van der Waals surface area contributed by atoms with Gasteiger partial charge < -0.3 is 23.8 Å². The smallest absolute Gasteiger partial charge is 0.249 e. The molecule has 1 aliphatic rings. The van der Waals surface area contributed by atoms with Gasteiger partial charge in [-0.1, -0.05) is 19.9 Å². The maximum Gasteiger partial charge on any atom is 0.249 e. The minimum atomic E-state index is -3.81. The van der Waals surface area contributed by atoms with Crippen LogP contribution in [0.3, 0.4) is 0 Å². The topological polar surface area (TPSA) is 84.3 Å². The first-order valence-corrected chi connectivity index (χ1v) is 17.1. The van der Waals surface area contributed by atoms with Gasteiger partial charge >= 0.3 is 0 Å². The lowest BCUT2D eigenvalue weighted by atomic mass is 10.1. The molecule has 0 aliphatic carbocycles. The maximum absolute atomic E-state index is 13.9. The molecule has 2 aromatic heterocycles. The zero-order valence-corrected chi connectivity index (χ0v) is 28.3. The fourth-order valence-electron chi connectivity index (χ4n) is 5.90. The fraction of sp³-hybridized carbons (Fsp3) is 0.531. The molecule has 3 aromatic rings. The van der Waals surface area contributed by atoms with E-state index < -0.39 is 10.0 Å². The number of rotatable bonds is 13. The van der Waals surface area contributed by atoms with Gasteiger partial charge in [0.25, 0.3) is 0 Å². The number of sulfonamides is 1. The third-order valence-corrected chi connectivity index (χ3v) is 11.0. The predicted molar refractivity (Wildman–Crippen MR) is 171 cm³/mol. The molecule has 3 heterocycles. The second-order valence-corrected chi connectivity index (χ2v) is 14.8. The molecule has 236 valence electrons. The Labute approximate surface area is 261 Å². The predicted octanol–water partition coefficient (Wildman–Crippen LogP) is 4.84. The summed E-state index contributed by atoms with van der Waals surface area (Å²) in [4.78, 5) is 19.0. The molecule has 1 unspecified atom stereocenters. The molecule has 1 atom stereocenters. The van der Waals surface area contributed by atoms with Crippen molar-refractivity contribution in [3.8, 4) is 5.75 Å². The van der Waals surface area contributed by atoms with E-state index in [1.54, 1.807) is 31.4 Å². The average molecular weight is 631 g/mol. The fourth-order valence-corrected chi connectivity index (χ4v) is 8.82. The van der Waals surface area contributed by atoms with Crippen LogP contribution in [-0.4, -0.2) is 87.1 Å². The Morgan fingerprint density at radius 3 is 2.49 bits per heavy atom. The average Bonchev–Trinajstić information content (AvgIpc) is 3.61. The third-order valence-electron chi connectivity index (χ3n) is 7.95. The van der Waals surface area contributed by atoms with E-state index in [1.807, 2.05) is 44.0 Å². The summed E-state index contributed by atoms with van der Waals surface area (Å²) < 4.78 is 43.1. The van der Waals surface area contributed by atoms with Crippen LogP contribution in [0.4, 0.5) is 0 Å². The first kappa shape index (κ1) is 33.2. The zero-order chi connectivity index (χ0) is 31.5. The molecule has 9 nitrogen and oxygen atoms in total. The Balaban J connectivity index is 1.47. The van der Waals surface area contributed by atoms with Crippen molar-refractivity contribution >= 4 is 27.3 Å². The van der Waals surface area contributed by atoms with E-state index in [0.717, 1.165) is 29.2 Å². The Hall–Kier alpha value is -2.70. The number of fused-ring (bicyclic) bond motifs is 1. The Bertz CT molecular complexity index is 1510. The number of aromatic nitrogens is 1. The second kappa shape index (κ2) is 13.9. The van der Waals surface area contributed by atoms with Crippen LogP contribution in [0, 0.1) is 26.7 Å². The van der Waals surface area contributed by atoms with E-state index in [0.29, 0.717) is 34.9 Å². The number of carbonyl (C=O) groups is 1. The molecule has 0 saturated heterocycles. The molecule has 4 rings (SSSR count). The summed E-state index contributed by atoms with van der Waals surface area (Å²) in [5.74, 6) is 0.687. The van der Waals surface area contributed by atoms with E-state index in [9.17, 15) is 13.2 Å². The van der Waals surface area contributed by atoms with E-state index in [2.05, 4.69) is 41.8 Å². The van der Waals surface area contributed by atoms with Crippen LogP contribution >= 0.6 is 11.3 Å². The van der Waals surface area contributed by atoms with Crippen molar-refractivity contribution in [1.29, 1.82) is 0 Å². The number of amides is 1. The number of nitrogens with zero attached hydrogens (tertiary/aromatic N) is 4. The standard InChI is InChI=1S/C32H46N4O5S2/c1-22(2)19-34(43(38,39)32-23(3)18-28(40-8)24(4)25(32)5)15-16-41-21-30(37)36-14-13-35-26(20-33(6)7)11-12-27(35)31(36)29-10-9-17-42-29/h9-12,17-18,22,31H,13-16,19-21H2,1-8H3. The number of benzene rings is 1. The Morgan fingerprint density at radius 2 is 1.86 bits per heavy atom. The molecule has 0 N–H and O–H groups in total. The summed E-state index contributed by atoms with van der Waals surface area (Å²) in [7, 11) is 1.89. The largest absolute Gasteiger partial charge is 0.496 e. The van der Waals surface area contributed by atoms with E-state index >= 15 is 0 Å². The number of methoxy groups -OCH3 is 1. The third kappa shape index (κ3) is 7.17. The zero-order valence-electron chi connectivity index (χ0n) is 26.7. The minimum absolute atomic E-state index is 0.101. The molecule has 11 heteroatoms. The van der Waals surface area contributed by atoms with Gasteiger partial charge in [-0.3, -0.25) is 4.79 Å². The SMILES string of the molecule is COc1cc(C)c(S(=O)(=O)N(CCOCC(=O)N2CCn3c(CN(C)C)ccc3C2c2cccs2)CC(C)C)c(C)c1C. The summed E-state index contributed by atoms with van der Waals surface area (Å²) in [5.41, 5.74) is 4.47. The van der Waals surface area contributed by atoms with Gasteiger partial charge in [0.05, 0.1) is 18.6 Å². The molecule has 1 aliphatic heterocycles. The maximum atomic E-state index is 13.9. The highest BCUT2D eigenvalue weighted by Gasteiger charge is 2.34. The molecule has 0 fully saturated rings. The van der Waals surface area contributed by atoms with Crippen LogP contribution in [0.25, 0.3) is 0 Å². The quantitative estimate of drug-likeness (QED) is 0.252. The van der Waals surface area contributed by atoms with Crippen LogP contribution in [-0.2, 0) is 32.6 Å². The highest BCUT2D eigenvalue weighted by Crippen LogP contribution is 2.36. The van der Waals surface area contributed by atoms with Gasteiger partial charge in [-0.05, 0) is 87.1 Å². The Kier molecular flexibility index (Phi) is 10.8.